The fraction of sp³-hybridized carbons (Fsp3) is 0.529. The third-order valence-electron chi connectivity index (χ3n) is 3.46. The zero-order chi connectivity index (χ0) is 17.9. The summed E-state index contributed by atoms with van der Waals surface area (Å²) < 4.78 is 0. The first-order valence-corrected chi connectivity index (χ1v) is 8.84. The van der Waals surface area contributed by atoms with Crippen LogP contribution in [-0.4, -0.2) is 21.0 Å². The number of aromatic nitrogens is 3. The van der Waals surface area contributed by atoms with Crippen LogP contribution in [0.4, 0.5) is 4.79 Å². The minimum Gasteiger partial charge on any atom is -0.332 e. The van der Waals surface area contributed by atoms with Gasteiger partial charge in [-0.25, -0.2) is 19.7 Å². The summed E-state index contributed by atoms with van der Waals surface area (Å²) in [5, 5.41) is 8.70. The maximum absolute atomic E-state index is 12.1. The van der Waals surface area contributed by atoms with Gasteiger partial charge in [0.15, 0.2) is 0 Å². The van der Waals surface area contributed by atoms with Crippen LogP contribution >= 0.6 is 11.3 Å². The van der Waals surface area contributed by atoms with Gasteiger partial charge in [-0.05, 0) is 26.8 Å². The molecular formula is C17H25N5OS. The number of carbonyl (C=O) groups excluding carboxylic acids is 1. The van der Waals surface area contributed by atoms with Crippen LogP contribution in [0.3, 0.4) is 0 Å². The van der Waals surface area contributed by atoms with E-state index in [4.69, 9.17) is 0 Å². The molecule has 2 N–H and O–H groups in total. The fourth-order valence-corrected chi connectivity index (χ4v) is 3.25. The van der Waals surface area contributed by atoms with Crippen LogP contribution in [0.25, 0.3) is 0 Å². The Kier molecular flexibility index (Phi) is 5.54. The zero-order valence-electron chi connectivity index (χ0n) is 15.1. The lowest BCUT2D eigenvalue weighted by Gasteiger charge is -2.15. The molecule has 0 fully saturated rings. The molecule has 0 aliphatic rings. The van der Waals surface area contributed by atoms with Crippen molar-refractivity contribution in [3.05, 3.63) is 39.4 Å². The Morgan fingerprint density at radius 3 is 2.54 bits per heavy atom. The second-order valence-corrected chi connectivity index (χ2v) is 7.81. The monoisotopic (exact) mass is 347 g/mol. The summed E-state index contributed by atoms with van der Waals surface area (Å²) in [6, 6.07) is 1.50. The van der Waals surface area contributed by atoms with Gasteiger partial charge in [0.05, 0.1) is 24.0 Å². The van der Waals surface area contributed by atoms with Crippen molar-refractivity contribution in [1.29, 1.82) is 0 Å². The van der Waals surface area contributed by atoms with Gasteiger partial charge in [0.2, 0.25) is 0 Å². The summed E-state index contributed by atoms with van der Waals surface area (Å²) in [6.07, 6.45) is 0. The smallest absolute Gasteiger partial charge is 0.315 e. The lowest BCUT2D eigenvalue weighted by molar-refractivity contribution is 0.237. The molecule has 6 nitrogen and oxygen atoms in total. The van der Waals surface area contributed by atoms with Crippen LogP contribution in [0.15, 0.2) is 11.4 Å². The maximum atomic E-state index is 12.1. The summed E-state index contributed by atoms with van der Waals surface area (Å²) in [5.41, 5.74) is 2.75. The Labute approximate surface area is 147 Å². The molecule has 0 aromatic carbocycles. The average Bonchev–Trinajstić information content (AvgIpc) is 2.94. The first kappa shape index (κ1) is 18.3. The number of amides is 2. The molecule has 1 atom stereocenters. The number of hydrogen-bond donors (Lipinski definition) is 2. The minimum atomic E-state index is -0.232. The van der Waals surface area contributed by atoms with Gasteiger partial charge in [-0.2, -0.15) is 0 Å². The molecule has 0 aliphatic carbocycles. The number of aryl methyl sites for hydroxylation is 2. The minimum absolute atomic E-state index is 0.0134. The van der Waals surface area contributed by atoms with Gasteiger partial charge >= 0.3 is 6.03 Å². The maximum Gasteiger partial charge on any atom is 0.315 e. The molecule has 2 aromatic rings. The first-order valence-electron chi connectivity index (χ1n) is 7.96. The number of rotatable bonds is 4. The van der Waals surface area contributed by atoms with Gasteiger partial charge in [-0.1, -0.05) is 20.8 Å². The molecule has 0 unspecified atom stereocenters. The number of thiazole rings is 1. The van der Waals surface area contributed by atoms with Crippen LogP contribution in [0.5, 0.6) is 0 Å². The van der Waals surface area contributed by atoms with Crippen LogP contribution in [0.1, 0.15) is 61.7 Å². The summed E-state index contributed by atoms with van der Waals surface area (Å²) in [7, 11) is 0. The van der Waals surface area contributed by atoms with Gasteiger partial charge in [0.1, 0.15) is 10.8 Å². The third-order valence-corrected chi connectivity index (χ3v) is 4.48. The predicted octanol–water partition coefficient (Wildman–Crippen LogP) is 3.41. The van der Waals surface area contributed by atoms with Crippen molar-refractivity contribution in [2.75, 3.05) is 0 Å². The molecule has 24 heavy (non-hydrogen) atoms. The Morgan fingerprint density at radius 1 is 1.25 bits per heavy atom. The van der Waals surface area contributed by atoms with Gasteiger partial charge in [-0.15, -0.1) is 11.3 Å². The van der Waals surface area contributed by atoms with E-state index < -0.39 is 0 Å². The lowest BCUT2D eigenvalue weighted by atomic mass is 9.93. The van der Waals surface area contributed by atoms with E-state index in [0.717, 1.165) is 22.1 Å². The van der Waals surface area contributed by atoms with E-state index >= 15 is 0 Å². The van der Waals surface area contributed by atoms with Crippen LogP contribution in [-0.2, 0) is 12.0 Å². The Bertz CT molecular complexity index is 700. The third kappa shape index (κ3) is 4.99. The summed E-state index contributed by atoms with van der Waals surface area (Å²) >= 11 is 1.57. The van der Waals surface area contributed by atoms with E-state index in [1.54, 1.807) is 11.3 Å². The fourth-order valence-electron chi connectivity index (χ4n) is 2.20. The highest BCUT2D eigenvalue weighted by Gasteiger charge is 2.20. The van der Waals surface area contributed by atoms with Crippen LogP contribution in [0, 0.1) is 13.8 Å². The molecule has 0 aliphatic heterocycles. The molecule has 0 saturated heterocycles. The van der Waals surface area contributed by atoms with Gasteiger partial charge in [0.25, 0.3) is 0 Å². The standard InChI is InChI=1S/C17H25N5OS/c1-10-7-13(21-12(3)19-10)8-18-16(23)20-11(2)15-22-14(9-24-15)17(4,5)6/h7,9,11H,8H2,1-6H3,(H2,18,20,23)/t11-/m1/s1. The van der Waals surface area contributed by atoms with E-state index in [1.165, 1.54) is 0 Å². The van der Waals surface area contributed by atoms with Gasteiger partial charge < -0.3 is 10.6 Å². The highest BCUT2D eigenvalue weighted by molar-refractivity contribution is 7.09. The summed E-state index contributed by atoms with van der Waals surface area (Å²) in [6.45, 7) is 12.4. The van der Waals surface area contributed by atoms with Crippen molar-refractivity contribution in [3.8, 4) is 0 Å². The molecule has 0 saturated carbocycles. The van der Waals surface area contributed by atoms with Crippen LogP contribution in [0.2, 0.25) is 0 Å². The van der Waals surface area contributed by atoms with E-state index in [-0.39, 0.29) is 17.5 Å². The van der Waals surface area contributed by atoms with E-state index in [9.17, 15) is 4.79 Å². The highest BCUT2D eigenvalue weighted by Crippen LogP contribution is 2.26. The number of urea groups is 1. The molecule has 0 spiro atoms. The molecule has 2 aromatic heterocycles. The van der Waals surface area contributed by atoms with Gasteiger partial charge in [-0.3, -0.25) is 0 Å². The van der Waals surface area contributed by atoms with Crippen molar-refractivity contribution in [3.63, 3.8) is 0 Å². The molecule has 2 amide bonds. The van der Waals surface area contributed by atoms with Crippen molar-refractivity contribution in [2.24, 2.45) is 0 Å². The van der Waals surface area contributed by atoms with E-state index in [1.807, 2.05) is 26.8 Å². The van der Waals surface area contributed by atoms with Crippen molar-refractivity contribution in [1.82, 2.24) is 25.6 Å². The van der Waals surface area contributed by atoms with Crippen molar-refractivity contribution >= 4 is 17.4 Å². The van der Waals surface area contributed by atoms with Gasteiger partial charge in [0, 0.05) is 16.5 Å². The number of hydrogen-bond acceptors (Lipinski definition) is 5. The molecule has 0 bridgehead atoms. The lowest BCUT2D eigenvalue weighted by Crippen LogP contribution is -2.36. The number of nitrogens with one attached hydrogen (secondary N) is 2. The summed E-state index contributed by atoms with van der Waals surface area (Å²) in [5.74, 6) is 0.707. The Hall–Kier alpha value is -2.02. The van der Waals surface area contributed by atoms with E-state index in [0.29, 0.717) is 12.4 Å². The first-order chi connectivity index (χ1) is 11.1. The van der Waals surface area contributed by atoms with Crippen molar-refractivity contribution in [2.45, 2.75) is 59.5 Å². The zero-order valence-corrected chi connectivity index (χ0v) is 15.9. The summed E-state index contributed by atoms with van der Waals surface area (Å²) in [4.78, 5) is 25.3. The molecule has 0 radical (unpaired) electrons. The Morgan fingerprint density at radius 2 is 1.96 bits per heavy atom. The SMILES string of the molecule is Cc1cc(CNC(=O)N[C@H](C)c2nc(C(C)(C)C)cs2)nc(C)n1. The topological polar surface area (TPSA) is 79.8 Å². The second-order valence-electron chi connectivity index (χ2n) is 6.92. The molecule has 2 heterocycles. The molecule has 130 valence electrons. The second kappa shape index (κ2) is 7.25. The largest absolute Gasteiger partial charge is 0.332 e. The van der Waals surface area contributed by atoms with E-state index in [2.05, 4.69) is 51.7 Å². The Balaban J connectivity index is 1.90. The molecule has 2 rings (SSSR count). The number of nitrogens with zero attached hydrogens (tertiary/aromatic N) is 3. The van der Waals surface area contributed by atoms with Crippen LogP contribution < -0.4 is 10.6 Å². The number of carbonyl (C=O) groups is 1. The highest BCUT2D eigenvalue weighted by atomic mass is 32.1. The van der Waals surface area contributed by atoms with Crippen molar-refractivity contribution < 1.29 is 4.79 Å². The average molecular weight is 347 g/mol. The molecule has 7 heteroatoms. The normalized spacial score (nSPS) is 12.8. The predicted molar refractivity (Wildman–Crippen MR) is 96.1 cm³/mol. The quantitative estimate of drug-likeness (QED) is 0.888. The molecular weight excluding hydrogens is 322 g/mol.